The molecule has 5 nitrogen and oxygen atoms in total. The number of amides is 1. The van der Waals surface area contributed by atoms with E-state index in [1.165, 1.54) is 39.9 Å². The third-order valence-corrected chi connectivity index (χ3v) is 7.29. The molecule has 3 heterocycles. The SMILES string of the molecule is CCC(=O)N1CCN(c2nc([C@@H](C)CC)nc3sc4c(c23)CCCC4)CC1. The van der Waals surface area contributed by atoms with Gasteiger partial charge in [-0.1, -0.05) is 20.8 Å². The molecule has 1 amide bonds. The number of fused-ring (bicyclic) bond motifs is 3. The molecular formula is C21H30N4OS. The van der Waals surface area contributed by atoms with Gasteiger partial charge in [-0.15, -0.1) is 11.3 Å². The summed E-state index contributed by atoms with van der Waals surface area (Å²) >= 11 is 1.89. The van der Waals surface area contributed by atoms with Crippen LogP contribution in [0.5, 0.6) is 0 Å². The Labute approximate surface area is 165 Å². The van der Waals surface area contributed by atoms with Gasteiger partial charge in [0, 0.05) is 43.4 Å². The molecule has 27 heavy (non-hydrogen) atoms. The van der Waals surface area contributed by atoms with Gasteiger partial charge < -0.3 is 9.80 Å². The highest BCUT2D eigenvalue weighted by Gasteiger charge is 2.27. The quantitative estimate of drug-likeness (QED) is 0.792. The molecule has 0 radical (unpaired) electrons. The molecule has 1 saturated heterocycles. The fourth-order valence-corrected chi connectivity index (χ4v) is 5.44. The number of piperazine rings is 1. The number of rotatable bonds is 4. The number of hydrogen-bond acceptors (Lipinski definition) is 5. The van der Waals surface area contributed by atoms with E-state index in [0.29, 0.717) is 12.3 Å². The standard InChI is InChI=1S/C21H30N4OS/c1-4-14(3)19-22-20(25-12-10-24(11-13-25)17(26)5-2)18-15-8-6-7-9-16(15)27-21(18)23-19/h14H,4-13H2,1-3H3/t14-/m0/s1. The zero-order valence-corrected chi connectivity index (χ0v) is 17.6. The summed E-state index contributed by atoms with van der Waals surface area (Å²) in [4.78, 5) is 29.2. The Hall–Kier alpha value is -1.69. The minimum absolute atomic E-state index is 0.260. The van der Waals surface area contributed by atoms with Crippen LogP contribution in [-0.2, 0) is 17.6 Å². The zero-order valence-electron chi connectivity index (χ0n) is 16.8. The maximum Gasteiger partial charge on any atom is 0.222 e. The first kappa shape index (κ1) is 18.7. The highest BCUT2D eigenvalue weighted by molar-refractivity contribution is 7.19. The van der Waals surface area contributed by atoms with Crippen LogP contribution in [0.15, 0.2) is 0 Å². The summed E-state index contributed by atoms with van der Waals surface area (Å²) in [5.41, 5.74) is 1.50. The van der Waals surface area contributed by atoms with Crippen LogP contribution in [0.25, 0.3) is 10.2 Å². The van der Waals surface area contributed by atoms with Crippen molar-refractivity contribution in [2.45, 2.75) is 65.2 Å². The number of aryl methyl sites for hydroxylation is 2. The Bertz CT molecular complexity index is 838. The lowest BCUT2D eigenvalue weighted by molar-refractivity contribution is -0.131. The third kappa shape index (κ3) is 3.44. The summed E-state index contributed by atoms with van der Waals surface area (Å²) in [5.74, 6) is 2.73. The Morgan fingerprint density at radius 3 is 2.56 bits per heavy atom. The summed E-state index contributed by atoms with van der Waals surface area (Å²) in [6.07, 6.45) is 6.54. The molecule has 1 atom stereocenters. The number of nitrogens with zero attached hydrogens (tertiary/aromatic N) is 4. The minimum atomic E-state index is 0.260. The van der Waals surface area contributed by atoms with E-state index in [2.05, 4.69) is 18.7 Å². The molecule has 2 aromatic rings. The van der Waals surface area contributed by atoms with Gasteiger partial charge in [0.25, 0.3) is 0 Å². The van der Waals surface area contributed by atoms with Gasteiger partial charge in [0.1, 0.15) is 16.5 Å². The van der Waals surface area contributed by atoms with Gasteiger partial charge in [0.2, 0.25) is 5.91 Å². The molecular weight excluding hydrogens is 356 g/mol. The van der Waals surface area contributed by atoms with Crippen molar-refractivity contribution in [1.82, 2.24) is 14.9 Å². The van der Waals surface area contributed by atoms with Gasteiger partial charge in [-0.3, -0.25) is 4.79 Å². The van der Waals surface area contributed by atoms with Gasteiger partial charge in [-0.2, -0.15) is 0 Å². The van der Waals surface area contributed by atoms with E-state index in [-0.39, 0.29) is 5.91 Å². The second-order valence-electron chi connectivity index (χ2n) is 7.83. The molecule has 0 unspecified atom stereocenters. The van der Waals surface area contributed by atoms with Crippen molar-refractivity contribution in [1.29, 1.82) is 0 Å². The molecule has 0 saturated carbocycles. The molecule has 6 heteroatoms. The normalized spacial score (nSPS) is 18.6. The largest absolute Gasteiger partial charge is 0.352 e. The van der Waals surface area contributed by atoms with Crippen molar-refractivity contribution >= 4 is 33.3 Å². The minimum Gasteiger partial charge on any atom is -0.352 e. The van der Waals surface area contributed by atoms with Gasteiger partial charge in [0.15, 0.2) is 0 Å². The highest BCUT2D eigenvalue weighted by Crippen LogP contribution is 2.40. The lowest BCUT2D eigenvalue weighted by atomic mass is 9.96. The monoisotopic (exact) mass is 386 g/mol. The molecule has 146 valence electrons. The first-order valence-electron chi connectivity index (χ1n) is 10.5. The maximum absolute atomic E-state index is 12.0. The van der Waals surface area contributed by atoms with Crippen molar-refractivity contribution in [2.24, 2.45) is 0 Å². The van der Waals surface area contributed by atoms with Crippen molar-refractivity contribution in [3.05, 3.63) is 16.3 Å². The average Bonchev–Trinajstić information content (AvgIpc) is 3.10. The van der Waals surface area contributed by atoms with Crippen LogP contribution in [-0.4, -0.2) is 47.0 Å². The molecule has 0 spiro atoms. The number of anilines is 1. The number of thiophene rings is 1. The van der Waals surface area contributed by atoms with Gasteiger partial charge in [0.05, 0.1) is 5.39 Å². The Morgan fingerprint density at radius 1 is 1.11 bits per heavy atom. The molecule has 1 aliphatic heterocycles. The van der Waals surface area contributed by atoms with E-state index in [0.717, 1.165) is 50.7 Å². The molecule has 2 aliphatic rings. The van der Waals surface area contributed by atoms with Crippen LogP contribution in [0.1, 0.15) is 68.6 Å². The van der Waals surface area contributed by atoms with Crippen LogP contribution < -0.4 is 4.90 Å². The van der Waals surface area contributed by atoms with Gasteiger partial charge in [-0.05, 0) is 37.7 Å². The Morgan fingerprint density at radius 2 is 1.85 bits per heavy atom. The van der Waals surface area contributed by atoms with Crippen LogP contribution in [0.2, 0.25) is 0 Å². The molecule has 4 rings (SSSR count). The number of carbonyl (C=O) groups is 1. The first-order valence-corrected chi connectivity index (χ1v) is 11.3. The van der Waals surface area contributed by atoms with E-state index >= 15 is 0 Å². The molecule has 0 aromatic carbocycles. The third-order valence-electron chi connectivity index (χ3n) is 6.10. The highest BCUT2D eigenvalue weighted by atomic mass is 32.1. The topological polar surface area (TPSA) is 49.3 Å². The summed E-state index contributed by atoms with van der Waals surface area (Å²) in [6, 6.07) is 0. The maximum atomic E-state index is 12.0. The summed E-state index contributed by atoms with van der Waals surface area (Å²) in [6.45, 7) is 9.68. The fraction of sp³-hybridized carbons (Fsp3) is 0.667. The summed E-state index contributed by atoms with van der Waals surface area (Å²) in [5, 5.41) is 1.30. The van der Waals surface area contributed by atoms with E-state index in [1.54, 1.807) is 0 Å². The second kappa shape index (κ2) is 7.74. The van der Waals surface area contributed by atoms with Crippen LogP contribution >= 0.6 is 11.3 Å². The molecule has 1 aliphatic carbocycles. The van der Waals surface area contributed by atoms with Gasteiger partial charge in [-0.25, -0.2) is 9.97 Å². The fourth-order valence-electron chi connectivity index (χ4n) is 4.18. The molecule has 2 aromatic heterocycles. The zero-order chi connectivity index (χ0) is 19.0. The van der Waals surface area contributed by atoms with E-state index < -0.39 is 0 Å². The summed E-state index contributed by atoms with van der Waals surface area (Å²) < 4.78 is 0. The van der Waals surface area contributed by atoms with Crippen molar-refractivity contribution < 1.29 is 4.79 Å². The number of aromatic nitrogens is 2. The number of hydrogen-bond donors (Lipinski definition) is 0. The predicted octanol–water partition coefficient (Wildman–Crippen LogP) is 4.14. The number of carbonyl (C=O) groups excluding carboxylic acids is 1. The van der Waals surface area contributed by atoms with E-state index in [9.17, 15) is 4.79 Å². The molecule has 0 bridgehead atoms. The predicted molar refractivity (Wildman–Crippen MR) is 112 cm³/mol. The summed E-state index contributed by atoms with van der Waals surface area (Å²) in [7, 11) is 0. The van der Waals surface area contributed by atoms with Crippen LogP contribution in [0.3, 0.4) is 0 Å². The molecule has 1 fully saturated rings. The lowest BCUT2D eigenvalue weighted by Gasteiger charge is -2.36. The molecule has 0 N–H and O–H groups in total. The van der Waals surface area contributed by atoms with Gasteiger partial charge >= 0.3 is 0 Å². The average molecular weight is 387 g/mol. The van der Waals surface area contributed by atoms with E-state index in [4.69, 9.17) is 9.97 Å². The Kier molecular flexibility index (Phi) is 5.35. The van der Waals surface area contributed by atoms with E-state index in [1.807, 2.05) is 23.2 Å². The Balaban J connectivity index is 1.74. The van der Waals surface area contributed by atoms with Crippen molar-refractivity contribution in [2.75, 3.05) is 31.1 Å². The van der Waals surface area contributed by atoms with Crippen LogP contribution in [0, 0.1) is 0 Å². The second-order valence-corrected chi connectivity index (χ2v) is 8.91. The first-order chi connectivity index (χ1) is 13.1. The smallest absolute Gasteiger partial charge is 0.222 e. The van der Waals surface area contributed by atoms with Crippen molar-refractivity contribution in [3.63, 3.8) is 0 Å². The van der Waals surface area contributed by atoms with Crippen molar-refractivity contribution in [3.8, 4) is 0 Å². The lowest BCUT2D eigenvalue weighted by Crippen LogP contribution is -2.49. The van der Waals surface area contributed by atoms with Crippen LogP contribution in [0.4, 0.5) is 5.82 Å².